The van der Waals surface area contributed by atoms with Crippen molar-refractivity contribution >= 4 is 11.6 Å². The molecule has 8 heavy (non-hydrogen) atoms. The SMILES string of the molecule is [O]c1ncccc1Cl. The summed E-state index contributed by atoms with van der Waals surface area (Å²) >= 11 is 5.33. The van der Waals surface area contributed by atoms with Gasteiger partial charge in [0.1, 0.15) is 5.02 Å². The van der Waals surface area contributed by atoms with Crippen LogP contribution in [0.2, 0.25) is 5.02 Å². The molecule has 0 fully saturated rings. The van der Waals surface area contributed by atoms with Gasteiger partial charge >= 0.3 is 0 Å². The van der Waals surface area contributed by atoms with Gasteiger partial charge < -0.3 is 0 Å². The first-order valence-corrected chi connectivity index (χ1v) is 2.46. The summed E-state index contributed by atoms with van der Waals surface area (Å²) in [6.45, 7) is 0. The van der Waals surface area contributed by atoms with Crippen LogP contribution in [-0.2, 0) is 5.11 Å². The first-order chi connectivity index (χ1) is 3.80. The lowest BCUT2D eigenvalue weighted by molar-refractivity contribution is 0.338. The molecule has 1 aromatic rings. The molecule has 0 bridgehead atoms. The standard InChI is InChI=1S/C5H3ClNO/c6-4-2-1-3-7-5(4)8/h1-3H. The molecule has 0 N–H and O–H groups in total. The first-order valence-electron chi connectivity index (χ1n) is 2.08. The van der Waals surface area contributed by atoms with Gasteiger partial charge in [-0.25, -0.2) is 4.98 Å². The number of nitrogens with zero attached hydrogens (tertiary/aromatic N) is 1. The lowest BCUT2D eigenvalue weighted by Crippen LogP contribution is -1.69. The van der Waals surface area contributed by atoms with Gasteiger partial charge in [0.25, 0.3) is 5.88 Å². The summed E-state index contributed by atoms with van der Waals surface area (Å²) in [5.41, 5.74) is 0. The van der Waals surface area contributed by atoms with Gasteiger partial charge in [0.15, 0.2) is 0 Å². The Kier molecular flexibility index (Phi) is 1.35. The van der Waals surface area contributed by atoms with E-state index in [4.69, 9.17) is 11.6 Å². The molecule has 41 valence electrons. The van der Waals surface area contributed by atoms with Gasteiger partial charge in [-0.05, 0) is 12.1 Å². The van der Waals surface area contributed by atoms with Crippen molar-refractivity contribution in [2.45, 2.75) is 0 Å². The molecule has 1 heterocycles. The molecule has 1 rings (SSSR count). The number of aromatic nitrogens is 1. The van der Waals surface area contributed by atoms with E-state index in [1.165, 1.54) is 12.3 Å². The van der Waals surface area contributed by atoms with E-state index in [-0.39, 0.29) is 10.9 Å². The van der Waals surface area contributed by atoms with Crippen LogP contribution >= 0.6 is 11.6 Å². The Morgan fingerprint density at radius 3 is 2.75 bits per heavy atom. The maximum Gasteiger partial charge on any atom is 0.288 e. The Hall–Kier alpha value is -0.760. The Balaban J connectivity index is 3.13. The highest BCUT2D eigenvalue weighted by Gasteiger charge is 1.95. The molecular weight excluding hydrogens is 126 g/mol. The summed E-state index contributed by atoms with van der Waals surface area (Å²) < 4.78 is 0. The summed E-state index contributed by atoms with van der Waals surface area (Å²) in [6, 6.07) is 3.13. The second-order valence-electron chi connectivity index (χ2n) is 1.29. The van der Waals surface area contributed by atoms with E-state index in [1.54, 1.807) is 6.07 Å². The maximum atomic E-state index is 10.4. The van der Waals surface area contributed by atoms with Gasteiger partial charge in [0.05, 0.1) is 0 Å². The van der Waals surface area contributed by atoms with Crippen LogP contribution in [0.3, 0.4) is 0 Å². The van der Waals surface area contributed by atoms with Crippen LogP contribution in [0, 0.1) is 0 Å². The molecule has 0 aliphatic carbocycles. The minimum atomic E-state index is -0.367. The molecule has 0 aliphatic heterocycles. The molecule has 0 unspecified atom stereocenters. The fraction of sp³-hybridized carbons (Fsp3) is 0. The predicted octanol–water partition coefficient (Wildman–Crippen LogP) is 1.88. The second kappa shape index (κ2) is 2.01. The summed E-state index contributed by atoms with van der Waals surface area (Å²) in [4.78, 5) is 3.39. The fourth-order valence-corrected chi connectivity index (χ4v) is 0.493. The van der Waals surface area contributed by atoms with Crippen LogP contribution in [0.1, 0.15) is 0 Å². The van der Waals surface area contributed by atoms with Crippen LogP contribution in [0.5, 0.6) is 5.88 Å². The highest BCUT2D eigenvalue weighted by molar-refractivity contribution is 6.31. The zero-order valence-corrected chi connectivity index (χ0v) is 4.72. The highest BCUT2D eigenvalue weighted by atomic mass is 35.5. The first kappa shape index (κ1) is 5.38. The molecule has 3 heteroatoms. The predicted molar refractivity (Wildman–Crippen MR) is 29.4 cm³/mol. The summed E-state index contributed by atoms with van der Waals surface area (Å²) in [7, 11) is 0. The smallest absolute Gasteiger partial charge is 0.266 e. The lowest BCUT2D eigenvalue weighted by Gasteiger charge is -1.84. The third-order valence-electron chi connectivity index (χ3n) is 0.725. The molecule has 1 radical (unpaired) electrons. The van der Waals surface area contributed by atoms with Crippen LogP contribution < -0.4 is 0 Å². The van der Waals surface area contributed by atoms with Crippen molar-refractivity contribution in [3.05, 3.63) is 23.4 Å². The number of rotatable bonds is 0. The molecule has 0 spiro atoms. The quantitative estimate of drug-likeness (QED) is 0.525. The number of pyridine rings is 1. The molecule has 0 amide bonds. The van der Waals surface area contributed by atoms with Crippen LogP contribution in [0.25, 0.3) is 0 Å². The minimum Gasteiger partial charge on any atom is -0.266 e. The second-order valence-corrected chi connectivity index (χ2v) is 1.70. The largest absolute Gasteiger partial charge is 0.288 e. The average Bonchev–Trinajstić information content (AvgIpc) is 1.77. The molecule has 0 aromatic carbocycles. The van der Waals surface area contributed by atoms with Crippen molar-refractivity contribution in [3.63, 3.8) is 0 Å². The number of hydrogen-bond donors (Lipinski definition) is 0. The van der Waals surface area contributed by atoms with Crippen LogP contribution in [0.15, 0.2) is 18.3 Å². The molecule has 0 aliphatic rings. The van der Waals surface area contributed by atoms with Gasteiger partial charge in [-0.15, -0.1) is 0 Å². The maximum absolute atomic E-state index is 10.4. The summed E-state index contributed by atoms with van der Waals surface area (Å²) in [5.74, 6) is -0.367. The van der Waals surface area contributed by atoms with Crippen molar-refractivity contribution in [2.24, 2.45) is 0 Å². The molecule has 1 aromatic heterocycles. The Labute approximate surface area is 51.7 Å². The molecular formula is C5H3ClNO. The topological polar surface area (TPSA) is 32.8 Å². The zero-order chi connectivity index (χ0) is 5.98. The van der Waals surface area contributed by atoms with Crippen LogP contribution in [0.4, 0.5) is 0 Å². The molecule has 2 nitrogen and oxygen atoms in total. The summed E-state index contributed by atoms with van der Waals surface area (Å²) in [5, 5.41) is 10.5. The zero-order valence-electron chi connectivity index (χ0n) is 3.97. The van der Waals surface area contributed by atoms with E-state index in [9.17, 15) is 5.11 Å². The lowest BCUT2D eigenvalue weighted by atomic mass is 10.5. The average molecular weight is 129 g/mol. The van der Waals surface area contributed by atoms with Gasteiger partial charge in [0.2, 0.25) is 0 Å². The normalized spacial score (nSPS) is 9.12. The Morgan fingerprint density at radius 1 is 1.62 bits per heavy atom. The van der Waals surface area contributed by atoms with E-state index in [2.05, 4.69) is 4.98 Å². The van der Waals surface area contributed by atoms with Gasteiger partial charge in [0, 0.05) is 6.20 Å². The number of hydrogen-bond acceptors (Lipinski definition) is 1. The van der Waals surface area contributed by atoms with E-state index in [0.717, 1.165) is 0 Å². The van der Waals surface area contributed by atoms with E-state index in [1.807, 2.05) is 0 Å². The number of halogens is 1. The Morgan fingerprint density at radius 2 is 2.38 bits per heavy atom. The monoisotopic (exact) mass is 128 g/mol. The van der Waals surface area contributed by atoms with Gasteiger partial charge in [-0.3, -0.25) is 5.11 Å². The minimum absolute atomic E-state index is 0.174. The van der Waals surface area contributed by atoms with Crippen molar-refractivity contribution in [3.8, 4) is 5.88 Å². The fourth-order valence-electron chi connectivity index (χ4n) is 0.371. The van der Waals surface area contributed by atoms with Crippen molar-refractivity contribution < 1.29 is 5.11 Å². The Bertz CT molecular complexity index is 169. The highest BCUT2D eigenvalue weighted by Crippen LogP contribution is 2.17. The molecule has 0 saturated carbocycles. The van der Waals surface area contributed by atoms with Crippen LogP contribution in [-0.4, -0.2) is 4.98 Å². The van der Waals surface area contributed by atoms with Gasteiger partial charge in [-0.1, -0.05) is 11.6 Å². The molecule has 0 saturated heterocycles. The van der Waals surface area contributed by atoms with Gasteiger partial charge in [-0.2, -0.15) is 0 Å². The summed E-state index contributed by atoms with van der Waals surface area (Å²) in [6.07, 6.45) is 1.41. The van der Waals surface area contributed by atoms with E-state index in [0.29, 0.717) is 0 Å². The van der Waals surface area contributed by atoms with Crippen molar-refractivity contribution in [1.82, 2.24) is 4.98 Å². The van der Waals surface area contributed by atoms with Crippen molar-refractivity contribution in [2.75, 3.05) is 0 Å². The third-order valence-corrected chi connectivity index (χ3v) is 1.01. The van der Waals surface area contributed by atoms with E-state index < -0.39 is 0 Å². The molecule has 0 atom stereocenters. The third kappa shape index (κ3) is 0.898. The van der Waals surface area contributed by atoms with E-state index >= 15 is 0 Å². The van der Waals surface area contributed by atoms with Crippen molar-refractivity contribution in [1.29, 1.82) is 0 Å².